The normalized spacial score (nSPS) is 9.69. The number of benzene rings is 1. The van der Waals surface area contributed by atoms with Crippen LogP contribution in [-0.2, 0) is 9.53 Å². The lowest BCUT2D eigenvalue weighted by molar-refractivity contribution is -0.123. The smallest absolute Gasteiger partial charge is 0.338 e. The van der Waals surface area contributed by atoms with Gasteiger partial charge in [-0.3, -0.25) is 4.79 Å². The average Bonchev–Trinajstić information content (AvgIpc) is 2.29. The Labute approximate surface area is 102 Å². The molecule has 0 fully saturated rings. The van der Waals surface area contributed by atoms with Crippen molar-refractivity contribution in [3.8, 4) is 0 Å². The second-order valence-corrected chi connectivity index (χ2v) is 3.69. The van der Waals surface area contributed by atoms with E-state index in [4.69, 9.17) is 27.9 Å². The highest BCUT2D eigenvalue weighted by molar-refractivity contribution is 6.42. The molecule has 16 heavy (non-hydrogen) atoms. The van der Waals surface area contributed by atoms with Crippen LogP contribution >= 0.6 is 23.2 Å². The van der Waals surface area contributed by atoms with Crippen molar-refractivity contribution in [3.63, 3.8) is 0 Å². The third-order valence-electron chi connectivity index (χ3n) is 1.77. The van der Waals surface area contributed by atoms with E-state index in [-0.39, 0.29) is 23.1 Å². The number of rotatable bonds is 3. The van der Waals surface area contributed by atoms with Gasteiger partial charge in [-0.2, -0.15) is 0 Å². The molecule has 1 aromatic carbocycles. The minimum atomic E-state index is -0.623. The minimum absolute atomic E-state index is 0.248. The first-order chi connectivity index (χ1) is 7.54. The molecule has 0 spiro atoms. The molecule has 0 atom stereocenters. The molecule has 0 saturated carbocycles. The SMILES string of the molecule is CNC(=O)COC(=O)c1ccc(Cl)c(Cl)c1. The first kappa shape index (κ1) is 12.8. The molecule has 86 valence electrons. The van der Waals surface area contributed by atoms with Crippen molar-refractivity contribution in [3.05, 3.63) is 33.8 Å². The van der Waals surface area contributed by atoms with Gasteiger partial charge < -0.3 is 10.1 Å². The maximum Gasteiger partial charge on any atom is 0.338 e. The number of ether oxygens (including phenoxy) is 1. The number of carbonyl (C=O) groups excluding carboxylic acids is 2. The maximum absolute atomic E-state index is 11.4. The number of esters is 1. The van der Waals surface area contributed by atoms with Crippen LogP contribution in [0.1, 0.15) is 10.4 Å². The van der Waals surface area contributed by atoms with Gasteiger partial charge in [0.15, 0.2) is 6.61 Å². The molecular weight excluding hydrogens is 253 g/mol. The van der Waals surface area contributed by atoms with Gasteiger partial charge in [0.2, 0.25) is 0 Å². The molecule has 0 heterocycles. The van der Waals surface area contributed by atoms with Crippen molar-refractivity contribution in [1.29, 1.82) is 0 Å². The maximum atomic E-state index is 11.4. The summed E-state index contributed by atoms with van der Waals surface area (Å²) >= 11 is 11.4. The van der Waals surface area contributed by atoms with E-state index in [0.717, 1.165) is 0 Å². The number of amides is 1. The Bertz CT molecular complexity index is 421. The van der Waals surface area contributed by atoms with Crippen molar-refractivity contribution in [1.82, 2.24) is 5.32 Å². The quantitative estimate of drug-likeness (QED) is 0.846. The van der Waals surface area contributed by atoms with Crippen LogP contribution < -0.4 is 5.32 Å². The van der Waals surface area contributed by atoms with E-state index in [1.54, 1.807) is 0 Å². The molecular formula is C10H9Cl2NO3. The van der Waals surface area contributed by atoms with E-state index in [9.17, 15) is 9.59 Å². The van der Waals surface area contributed by atoms with Gasteiger partial charge in [-0.15, -0.1) is 0 Å². The fourth-order valence-corrected chi connectivity index (χ4v) is 1.21. The molecule has 0 bridgehead atoms. The van der Waals surface area contributed by atoms with Crippen LogP contribution in [0.2, 0.25) is 10.0 Å². The summed E-state index contributed by atoms with van der Waals surface area (Å²) in [5, 5.41) is 2.94. The summed E-state index contributed by atoms with van der Waals surface area (Å²) in [6.45, 7) is -0.324. The number of likely N-dealkylation sites (N-methyl/N-ethyl adjacent to an activating group) is 1. The summed E-state index contributed by atoms with van der Waals surface area (Å²) < 4.78 is 4.72. The zero-order valence-electron chi connectivity index (χ0n) is 8.42. The lowest BCUT2D eigenvalue weighted by Gasteiger charge is -2.04. The fraction of sp³-hybridized carbons (Fsp3) is 0.200. The van der Waals surface area contributed by atoms with Gasteiger partial charge in [0.25, 0.3) is 5.91 Å². The summed E-state index contributed by atoms with van der Waals surface area (Å²) in [6, 6.07) is 4.34. The molecule has 0 radical (unpaired) electrons. The van der Waals surface area contributed by atoms with E-state index in [0.29, 0.717) is 5.02 Å². The van der Waals surface area contributed by atoms with Crippen LogP contribution in [0.5, 0.6) is 0 Å². The van der Waals surface area contributed by atoms with E-state index in [2.05, 4.69) is 5.32 Å². The van der Waals surface area contributed by atoms with Gasteiger partial charge in [-0.05, 0) is 18.2 Å². The molecule has 0 aliphatic heterocycles. The highest BCUT2D eigenvalue weighted by Crippen LogP contribution is 2.22. The van der Waals surface area contributed by atoms with Gasteiger partial charge in [-0.1, -0.05) is 23.2 Å². The first-order valence-corrected chi connectivity index (χ1v) is 5.13. The number of halogens is 2. The second-order valence-electron chi connectivity index (χ2n) is 2.88. The number of hydrogen-bond donors (Lipinski definition) is 1. The Kier molecular flexibility index (Phi) is 4.58. The van der Waals surface area contributed by atoms with Crippen molar-refractivity contribution in [2.24, 2.45) is 0 Å². The molecule has 6 heteroatoms. The van der Waals surface area contributed by atoms with Crippen LogP contribution in [0.15, 0.2) is 18.2 Å². The summed E-state index contributed by atoms with van der Waals surface area (Å²) in [5.41, 5.74) is 0.248. The lowest BCUT2D eigenvalue weighted by Crippen LogP contribution is -2.25. The molecule has 1 N–H and O–H groups in total. The van der Waals surface area contributed by atoms with Crippen LogP contribution in [0.3, 0.4) is 0 Å². The molecule has 0 saturated heterocycles. The summed E-state index contributed by atoms with van der Waals surface area (Å²) in [4.78, 5) is 22.3. The van der Waals surface area contributed by atoms with Gasteiger partial charge in [0, 0.05) is 7.05 Å². The molecule has 1 rings (SSSR count). The highest BCUT2D eigenvalue weighted by Gasteiger charge is 2.10. The second kappa shape index (κ2) is 5.72. The van der Waals surface area contributed by atoms with Gasteiger partial charge >= 0.3 is 5.97 Å². The fourth-order valence-electron chi connectivity index (χ4n) is 0.910. The topological polar surface area (TPSA) is 55.4 Å². The Balaban J connectivity index is 2.66. The van der Waals surface area contributed by atoms with Crippen molar-refractivity contribution < 1.29 is 14.3 Å². The Morgan fingerprint density at radius 2 is 2.00 bits per heavy atom. The van der Waals surface area contributed by atoms with Gasteiger partial charge in [0.05, 0.1) is 15.6 Å². The predicted octanol–water partition coefficient (Wildman–Crippen LogP) is 1.90. The number of hydrogen-bond acceptors (Lipinski definition) is 3. The van der Waals surface area contributed by atoms with E-state index >= 15 is 0 Å². The molecule has 4 nitrogen and oxygen atoms in total. The third-order valence-corrected chi connectivity index (χ3v) is 2.51. The van der Waals surface area contributed by atoms with Crippen molar-refractivity contribution >= 4 is 35.1 Å². The average molecular weight is 262 g/mol. The predicted molar refractivity (Wildman–Crippen MR) is 60.8 cm³/mol. The number of carbonyl (C=O) groups is 2. The monoisotopic (exact) mass is 261 g/mol. The van der Waals surface area contributed by atoms with Crippen molar-refractivity contribution in [2.45, 2.75) is 0 Å². The molecule has 0 aliphatic carbocycles. The highest BCUT2D eigenvalue weighted by atomic mass is 35.5. The summed E-state index contributed by atoms with van der Waals surface area (Å²) in [5.74, 6) is -1.00. The largest absolute Gasteiger partial charge is 0.452 e. The molecule has 0 aromatic heterocycles. The minimum Gasteiger partial charge on any atom is -0.452 e. The van der Waals surface area contributed by atoms with Crippen LogP contribution in [0.25, 0.3) is 0 Å². The zero-order valence-corrected chi connectivity index (χ0v) is 9.93. The Morgan fingerprint density at radius 1 is 1.31 bits per heavy atom. The molecule has 1 amide bonds. The lowest BCUT2D eigenvalue weighted by atomic mass is 10.2. The zero-order chi connectivity index (χ0) is 12.1. The summed E-state index contributed by atoms with van der Waals surface area (Å²) in [6.07, 6.45) is 0. The van der Waals surface area contributed by atoms with E-state index < -0.39 is 5.97 Å². The summed E-state index contributed by atoms with van der Waals surface area (Å²) in [7, 11) is 1.45. The molecule has 0 unspecified atom stereocenters. The van der Waals surface area contributed by atoms with Crippen LogP contribution in [0, 0.1) is 0 Å². The Hall–Kier alpha value is -1.26. The van der Waals surface area contributed by atoms with Crippen LogP contribution in [0.4, 0.5) is 0 Å². The van der Waals surface area contributed by atoms with Crippen LogP contribution in [-0.4, -0.2) is 25.5 Å². The van der Waals surface area contributed by atoms with Gasteiger partial charge in [-0.25, -0.2) is 4.79 Å². The Morgan fingerprint density at radius 3 is 2.56 bits per heavy atom. The first-order valence-electron chi connectivity index (χ1n) is 4.37. The standard InChI is InChI=1S/C10H9Cl2NO3/c1-13-9(14)5-16-10(15)6-2-3-7(11)8(12)4-6/h2-4H,5H2,1H3,(H,13,14). The van der Waals surface area contributed by atoms with E-state index in [1.165, 1.54) is 25.2 Å². The molecule has 1 aromatic rings. The third kappa shape index (κ3) is 3.40. The molecule has 0 aliphatic rings. The van der Waals surface area contributed by atoms with Gasteiger partial charge in [0.1, 0.15) is 0 Å². The van der Waals surface area contributed by atoms with Crippen molar-refractivity contribution in [2.75, 3.05) is 13.7 Å². The number of nitrogens with one attached hydrogen (secondary N) is 1. The van der Waals surface area contributed by atoms with E-state index in [1.807, 2.05) is 0 Å².